The third kappa shape index (κ3) is 3.49. The molecule has 2 rings (SSSR count). The number of hydrogen-bond donors (Lipinski definition) is 2. The Morgan fingerprint density at radius 2 is 2.16 bits per heavy atom. The number of benzene rings is 1. The van der Waals surface area contributed by atoms with E-state index in [1.807, 2.05) is 0 Å². The lowest BCUT2D eigenvalue weighted by Gasteiger charge is -2.17. The molecule has 1 atom stereocenters. The maximum Gasteiger partial charge on any atom is 0.247 e. The first-order valence-electron chi connectivity index (χ1n) is 6.04. The normalized spacial score (nSPS) is 15.7. The topological polar surface area (TPSA) is 58.2 Å². The van der Waals surface area contributed by atoms with Gasteiger partial charge in [0.15, 0.2) is 0 Å². The molecular formula is C13H14F2N2O2. The molecule has 102 valence electrons. The van der Waals surface area contributed by atoms with Gasteiger partial charge in [-0.25, -0.2) is 8.78 Å². The van der Waals surface area contributed by atoms with Crippen LogP contribution in [0.4, 0.5) is 8.78 Å². The molecule has 0 bridgehead atoms. The number of carbonyl (C=O) groups is 2. The van der Waals surface area contributed by atoms with E-state index in [0.29, 0.717) is 24.9 Å². The molecule has 0 spiro atoms. The molecule has 2 amide bonds. The second kappa shape index (κ2) is 5.77. The van der Waals surface area contributed by atoms with Crippen LogP contribution in [0.3, 0.4) is 0 Å². The van der Waals surface area contributed by atoms with Gasteiger partial charge in [-0.1, -0.05) is 6.07 Å². The van der Waals surface area contributed by atoms with Gasteiger partial charge in [-0.2, -0.15) is 0 Å². The summed E-state index contributed by atoms with van der Waals surface area (Å²) >= 11 is 0. The van der Waals surface area contributed by atoms with Crippen molar-refractivity contribution in [3.8, 4) is 0 Å². The highest BCUT2D eigenvalue weighted by Crippen LogP contribution is 2.28. The fraction of sp³-hybridized carbons (Fsp3) is 0.385. The summed E-state index contributed by atoms with van der Waals surface area (Å²) in [6, 6.07) is 1.74. The molecule has 1 fully saturated rings. The highest BCUT2D eigenvalue weighted by atomic mass is 19.1. The van der Waals surface area contributed by atoms with Crippen LogP contribution in [0.5, 0.6) is 0 Å². The van der Waals surface area contributed by atoms with Gasteiger partial charge in [0.2, 0.25) is 12.3 Å². The van der Waals surface area contributed by atoms with Crippen molar-refractivity contribution >= 4 is 12.3 Å². The van der Waals surface area contributed by atoms with E-state index in [9.17, 15) is 18.4 Å². The monoisotopic (exact) mass is 268 g/mol. The van der Waals surface area contributed by atoms with Crippen molar-refractivity contribution in [1.29, 1.82) is 0 Å². The molecule has 6 heteroatoms. The van der Waals surface area contributed by atoms with Crippen LogP contribution in [0.1, 0.15) is 24.4 Å². The second-order valence-corrected chi connectivity index (χ2v) is 4.57. The molecule has 2 N–H and O–H groups in total. The fourth-order valence-electron chi connectivity index (χ4n) is 1.78. The highest BCUT2D eigenvalue weighted by Gasteiger charge is 2.26. The summed E-state index contributed by atoms with van der Waals surface area (Å²) in [6.07, 6.45) is 2.46. The molecule has 0 radical (unpaired) electrons. The Morgan fingerprint density at radius 1 is 1.42 bits per heavy atom. The Bertz CT molecular complexity index is 490. The zero-order chi connectivity index (χ0) is 13.8. The van der Waals surface area contributed by atoms with Crippen molar-refractivity contribution in [2.75, 3.05) is 6.54 Å². The molecule has 0 saturated heterocycles. The molecule has 4 nitrogen and oxygen atoms in total. The van der Waals surface area contributed by atoms with Crippen LogP contribution in [0, 0.1) is 17.6 Å². The molecule has 0 aliphatic heterocycles. The van der Waals surface area contributed by atoms with Crippen molar-refractivity contribution in [2.24, 2.45) is 5.92 Å². The zero-order valence-electron chi connectivity index (χ0n) is 10.2. The number of rotatable bonds is 6. The van der Waals surface area contributed by atoms with Crippen molar-refractivity contribution < 1.29 is 18.4 Å². The fourth-order valence-corrected chi connectivity index (χ4v) is 1.78. The van der Waals surface area contributed by atoms with E-state index in [0.717, 1.165) is 25.0 Å². The lowest BCUT2D eigenvalue weighted by molar-refractivity contribution is -0.125. The van der Waals surface area contributed by atoms with Crippen LogP contribution < -0.4 is 10.6 Å². The second-order valence-electron chi connectivity index (χ2n) is 4.57. The molecule has 0 aromatic heterocycles. The van der Waals surface area contributed by atoms with E-state index in [2.05, 4.69) is 10.6 Å². The van der Waals surface area contributed by atoms with Crippen LogP contribution in [0.2, 0.25) is 0 Å². The molecule has 1 aromatic rings. The number of nitrogens with one attached hydrogen (secondary N) is 2. The van der Waals surface area contributed by atoms with Gasteiger partial charge in [0.05, 0.1) is 0 Å². The van der Waals surface area contributed by atoms with E-state index in [4.69, 9.17) is 0 Å². The lowest BCUT2D eigenvalue weighted by Crippen LogP contribution is -2.38. The number of carbonyl (C=O) groups excluding carboxylic acids is 2. The summed E-state index contributed by atoms with van der Waals surface area (Å²) in [5.74, 6) is -1.62. The van der Waals surface area contributed by atoms with Gasteiger partial charge in [-0.15, -0.1) is 0 Å². The predicted molar refractivity (Wildman–Crippen MR) is 64.0 cm³/mol. The molecule has 19 heavy (non-hydrogen) atoms. The quantitative estimate of drug-likeness (QED) is 0.763. The van der Waals surface area contributed by atoms with E-state index in [1.165, 1.54) is 0 Å². The Kier molecular flexibility index (Phi) is 4.09. The number of halogens is 2. The third-order valence-electron chi connectivity index (χ3n) is 3.03. The van der Waals surface area contributed by atoms with Crippen LogP contribution in [-0.2, 0) is 9.59 Å². The van der Waals surface area contributed by atoms with Crippen LogP contribution >= 0.6 is 0 Å². The highest BCUT2D eigenvalue weighted by molar-refractivity contribution is 5.85. The van der Waals surface area contributed by atoms with E-state index < -0.39 is 23.6 Å². The summed E-state index contributed by atoms with van der Waals surface area (Å²) in [6.45, 7) is 0.513. The number of hydrogen-bond acceptors (Lipinski definition) is 2. The van der Waals surface area contributed by atoms with Gasteiger partial charge in [-0.3, -0.25) is 9.59 Å². The maximum absolute atomic E-state index is 13.6. The zero-order valence-corrected chi connectivity index (χ0v) is 10.2. The predicted octanol–water partition coefficient (Wildman–Crippen LogP) is 1.28. The first-order chi connectivity index (χ1) is 9.11. The summed E-state index contributed by atoms with van der Waals surface area (Å²) in [7, 11) is 0. The minimum Gasteiger partial charge on any atom is -0.354 e. The summed E-state index contributed by atoms with van der Waals surface area (Å²) < 4.78 is 26.4. The largest absolute Gasteiger partial charge is 0.354 e. The average molecular weight is 268 g/mol. The van der Waals surface area contributed by atoms with Crippen molar-refractivity contribution in [3.63, 3.8) is 0 Å². The first kappa shape index (κ1) is 13.5. The van der Waals surface area contributed by atoms with Gasteiger partial charge < -0.3 is 10.6 Å². The SMILES string of the molecule is O=CNC(C(=O)NCC1CC1)c1ccc(F)cc1F. The summed E-state index contributed by atoms with van der Waals surface area (Å²) in [4.78, 5) is 22.4. The molecule has 0 heterocycles. The van der Waals surface area contributed by atoms with E-state index >= 15 is 0 Å². The van der Waals surface area contributed by atoms with E-state index in [1.54, 1.807) is 0 Å². The average Bonchev–Trinajstić information content (AvgIpc) is 3.18. The Balaban J connectivity index is 2.12. The number of amides is 2. The molecule has 1 aliphatic rings. The van der Waals surface area contributed by atoms with Gasteiger partial charge in [0.1, 0.15) is 17.7 Å². The molecule has 1 aromatic carbocycles. The minimum atomic E-state index is -1.14. The summed E-state index contributed by atoms with van der Waals surface area (Å²) in [5, 5.41) is 4.90. The molecule has 1 unspecified atom stereocenters. The maximum atomic E-state index is 13.6. The smallest absolute Gasteiger partial charge is 0.247 e. The van der Waals surface area contributed by atoms with Crippen LogP contribution in [-0.4, -0.2) is 18.9 Å². The van der Waals surface area contributed by atoms with Gasteiger partial charge in [-0.05, 0) is 24.8 Å². The van der Waals surface area contributed by atoms with Crippen molar-refractivity contribution in [1.82, 2.24) is 10.6 Å². The summed E-state index contributed by atoms with van der Waals surface area (Å²) in [5.41, 5.74) is -0.0539. The third-order valence-corrected chi connectivity index (χ3v) is 3.03. The van der Waals surface area contributed by atoms with Crippen LogP contribution in [0.15, 0.2) is 18.2 Å². The minimum absolute atomic E-state index is 0.0539. The van der Waals surface area contributed by atoms with Gasteiger partial charge in [0.25, 0.3) is 0 Å². The Hall–Kier alpha value is -1.98. The van der Waals surface area contributed by atoms with Gasteiger partial charge in [0, 0.05) is 18.2 Å². The van der Waals surface area contributed by atoms with Crippen molar-refractivity contribution in [2.45, 2.75) is 18.9 Å². The van der Waals surface area contributed by atoms with Gasteiger partial charge >= 0.3 is 0 Å². The standard InChI is InChI=1S/C13H14F2N2O2/c14-9-3-4-10(11(15)5-9)12(17-7-18)13(19)16-6-8-1-2-8/h3-5,7-8,12H,1-2,6H2,(H,16,19)(H,17,18). The van der Waals surface area contributed by atoms with Crippen molar-refractivity contribution in [3.05, 3.63) is 35.4 Å². The molecule has 1 saturated carbocycles. The lowest BCUT2D eigenvalue weighted by atomic mass is 10.1. The van der Waals surface area contributed by atoms with Crippen LogP contribution in [0.25, 0.3) is 0 Å². The molecule has 1 aliphatic carbocycles. The first-order valence-corrected chi connectivity index (χ1v) is 6.04. The molecular weight excluding hydrogens is 254 g/mol. The van der Waals surface area contributed by atoms with E-state index in [-0.39, 0.29) is 5.56 Å². The Labute approximate surface area is 109 Å². The Morgan fingerprint density at radius 3 is 2.74 bits per heavy atom.